The van der Waals surface area contributed by atoms with Crippen LogP contribution in [0, 0.1) is 6.92 Å². The summed E-state index contributed by atoms with van der Waals surface area (Å²) in [5, 5.41) is 6.56. The molecule has 1 saturated heterocycles. The summed E-state index contributed by atoms with van der Waals surface area (Å²) in [5.74, 6) is -0.115. The number of thiazole rings is 1. The van der Waals surface area contributed by atoms with Crippen LogP contribution < -0.4 is 15.4 Å². The second-order valence-electron chi connectivity index (χ2n) is 6.23. The standard InChI is InChI=1S/C18H21F2N3O3S.ClH/c1-11-14(12-3-5-13(6-4-12)26-16(19)20)22-17(27-11)23-15(24)18(25-2)7-9-21-10-8-18;/h3-6,16,21H,7-10H2,1-2H3,(H,22,23,24);1H. The molecule has 1 amide bonds. The van der Waals surface area contributed by atoms with Crippen molar-refractivity contribution in [3.8, 4) is 17.0 Å². The molecule has 3 rings (SSSR count). The summed E-state index contributed by atoms with van der Waals surface area (Å²) in [7, 11) is 1.55. The van der Waals surface area contributed by atoms with E-state index in [1.807, 2.05) is 6.92 Å². The van der Waals surface area contributed by atoms with Crippen molar-refractivity contribution in [3.63, 3.8) is 0 Å². The van der Waals surface area contributed by atoms with Gasteiger partial charge in [-0.2, -0.15) is 8.78 Å². The molecule has 2 heterocycles. The number of carbonyl (C=O) groups is 1. The fourth-order valence-electron chi connectivity index (χ4n) is 3.08. The number of aromatic nitrogens is 1. The van der Waals surface area contributed by atoms with Gasteiger partial charge in [0.2, 0.25) is 0 Å². The highest BCUT2D eigenvalue weighted by Crippen LogP contribution is 2.33. The molecule has 0 saturated carbocycles. The molecule has 1 aromatic carbocycles. The van der Waals surface area contributed by atoms with Crippen molar-refractivity contribution in [3.05, 3.63) is 29.1 Å². The first-order valence-corrected chi connectivity index (χ1v) is 9.35. The largest absolute Gasteiger partial charge is 0.435 e. The maximum absolute atomic E-state index is 12.7. The Hall–Kier alpha value is -1.81. The van der Waals surface area contributed by atoms with Crippen molar-refractivity contribution in [2.24, 2.45) is 0 Å². The third-order valence-corrected chi connectivity index (χ3v) is 5.47. The van der Waals surface area contributed by atoms with Crippen LogP contribution in [0.1, 0.15) is 17.7 Å². The summed E-state index contributed by atoms with van der Waals surface area (Å²) < 4.78 is 34.4. The van der Waals surface area contributed by atoms with Crippen molar-refractivity contribution < 1.29 is 23.0 Å². The van der Waals surface area contributed by atoms with E-state index in [0.717, 1.165) is 23.5 Å². The molecule has 6 nitrogen and oxygen atoms in total. The van der Waals surface area contributed by atoms with Gasteiger partial charge < -0.3 is 14.8 Å². The number of hydrogen-bond acceptors (Lipinski definition) is 6. The van der Waals surface area contributed by atoms with Gasteiger partial charge >= 0.3 is 6.61 Å². The SMILES string of the molecule is COC1(C(=O)Nc2nc(-c3ccc(OC(F)F)cc3)c(C)s2)CCNCC1.Cl. The van der Waals surface area contributed by atoms with Gasteiger partial charge in [-0.05, 0) is 57.1 Å². The summed E-state index contributed by atoms with van der Waals surface area (Å²) in [5.41, 5.74) is 0.601. The van der Waals surface area contributed by atoms with E-state index in [1.165, 1.54) is 23.5 Å². The highest BCUT2D eigenvalue weighted by molar-refractivity contribution is 7.16. The van der Waals surface area contributed by atoms with Gasteiger partial charge in [-0.25, -0.2) is 4.98 Å². The van der Waals surface area contributed by atoms with Crippen molar-refractivity contribution in [1.82, 2.24) is 10.3 Å². The van der Waals surface area contributed by atoms with E-state index in [9.17, 15) is 13.6 Å². The highest BCUT2D eigenvalue weighted by Gasteiger charge is 2.40. The average Bonchev–Trinajstić information content (AvgIpc) is 3.02. The predicted molar refractivity (Wildman–Crippen MR) is 107 cm³/mol. The Labute approximate surface area is 172 Å². The quantitative estimate of drug-likeness (QED) is 0.724. The molecule has 1 fully saturated rings. The number of nitrogens with one attached hydrogen (secondary N) is 2. The first-order valence-electron chi connectivity index (χ1n) is 8.53. The van der Waals surface area contributed by atoms with Crippen LogP contribution in [-0.4, -0.2) is 43.3 Å². The minimum atomic E-state index is -2.86. The molecule has 0 radical (unpaired) electrons. The van der Waals surface area contributed by atoms with Crippen LogP contribution in [0.25, 0.3) is 11.3 Å². The van der Waals surface area contributed by atoms with Gasteiger partial charge in [-0.15, -0.1) is 23.7 Å². The Balaban J connectivity index is 0.00000280. The Kier molecular flexibility index (Phi) is 7.70. The maximum Gasteiger partial charge on any atom is 0.387 e. The minimum absolute atomic E-state index is 0. The van der Waals surface area contributed by atoms with E-state index in [4.69, 9.17) is 4.74 Å². The molecule has 2 aromatic rings. The van der Waals surface area contributed by atoms with Gasteiger partial charge in [0.25, 0.3) is 5.91 Å². The lowest BCUT2D eigenvalue weighted by atomic mass is 9.91. The number of ether oxygens (including phenoxy) is 2. The smallest absolute Gasteiger partial charge is 0.387 e. The topological polar surface area (TPSA) is 72.5 Å². The zero-order valence-electron chi connectivity index (χ0n) is 15.5. The highest BCUT2D eigenvalue weighted by atomic mass is 35.5. The molecule has 0 spiro atoms. The van der Waals surface area contributed by atoms with E-state index in [-0.39, 0.29) is 24.1 Å². The summed E-state index contributed by atoms with van der Waals surface area (Å²) >= 11 is 1.36. The summed E-state index contributed by atoms with van der Waals surface area (Å²) in [6.45, 7) is 0.470. The zero-order chi connectivity index (χ0) is 19.4. The molecule has 2 N–H and O–H groups in total. The Morgan fingerprint density at radius 2 is 1.93 bits per heavy atom. The lowest BCUT2D eigenvalue weighted by molar-refractivity contribution is -0.140. The molecule has 28 heavy (non-hydrogen) atoms. The molecular formula is C18H22ClF2N3O3S. The number of aryl methyl sites for hydroxylation is 1. The van der Waals surface area contributed by atoms with Crippen molar-refractivity contribution >= 4 is 34.8 Å². The number of benzene rings is 1. The molecule has 1 aliphatic heterocycles. The Morgan fingerprint density at radius 3 is 2.50 bits per heavy atom. The number of nitrogens with zero attached hydrogens (tertiary/aromatic N) is 1. The number of piperidine rings is 1. The minimum Gasteiger partial charge on any atom is -0.435 e. The number of halogens is 3. The van der Waals surface area contributed by atoms with Gasteiger partial charge in [0.15, 0.2) is 5.13 Å². The van der Waals surface area contributed by atoms with Crippen LogP contribution in [0.5, 0.6) is 5.75 Å². The number of anilines is 1. The van der Waals surface area contributed by atoms with Crippen LogP contribution in [0.15, 0.2) is 24.3 Å². The van der Waals surface area contributed by atoms with Gasteiger partial charge in [0.1, 0.15) is 11.4 Å². The fourth-order valence-corrected chi connectivity index (χ4v) is 3.91. The summed E-state index contributed by atoms with van der Waals surface area (Å²) in [6.07, 6.45) is 1.19. The van der Waals surface area contributed by atoms with E-state index in [1.54, 1.807) is 19.2 Å². The molecule has 154 valence electrons. The van der Waals surface area contributed by atoms with Gasteiger partial charge in [0.05, 0.1) is 5.69 Å². The van der Waals surface area contributed by atoms with Gasteiger partial charge in [-0.3, -0.25) is 10.1 Å². The molecule has 0 bridgehead atoms. The van der Waals surface area contributed by atoms with E-state index < -0.39 is 12.2 Å². The zero-order valence-corrected chi connectivity index (χ0v) is 17.1. The molecule has 10 heteroatoms. The number of carbonyl (C=O) groups excluding carboxylic acids is 1. The summed E-state index contributed by atoms with van der Waals surface area (Å²) in [4.78, 5) is 18.1. The number of amides is 1. The normalized spacial score (nSPS) is 15.8. The third kappa shape index (κ3) is 4.96. The first-order chi connectivity index (χ1) is 12.9. The van der Waals surface area contributed by atoms with Crippen molar-refractivity contribution in [1.29, 1.82) is 0 Å². The molecule has 1 aromatic heterocycles. The number of hydrogen-bond donors (Lipinski definition) is 2. The van der Waals surface area contributed by atoms with E-state index in [2.05, 4.69) is 20.4 Å². The second-order valence-corrected chi connectivity index (χ2v) is 7.43. The molecular weight excluding hydrogens is 412 g/mol. The average molecular weight is 434 g/mol. The lowest BCUT2D eigenvalue weighted by Crippen LogP contribution is -2.51. The Bertz CT molecular complexity index is 796. The van der Waals surface area contributed by atoms with Crippen molar-refractivity contribution in [2.75, 3.05) is 25.5 Å². The molecule has 0 aliphatic carbocycles. The number of alkyl halides is 2. The molecule has 1 aliphatic rings. The third-order valence-electron chi connectivity index (χ3n) is 4.59. The monoisotopic (exact) mass is 433 g/mol. The Morgan fingerprint density at radius 1 is 1.29 bits per heavy atom. The lowest BCUT2D eigenvalue weighted by Gasteiger charge is -2.34. The van der Waals surface area contributed by atoms with E-state index in [0.29, 0.717) is 23.7 Å². The first kappa shape index (κ1) is 22.5. The van der Waals surface area contributed by atoms with Gasteiger partial charge in [-0.1, -0.05) is 0 Å². The molecule has 0 atom stereocenters. The van der Waals surface area contributed by atoms with Crippen LogP contribution >= 0.6 is 23.7 Å². The second kappa shape index (κ2) is 9.60. The maximum atomic E-state index is 12.7. The van der Waals surface area contributed by atoms with E-state index >= 15 is 0 Å². The van der Waals surface area contributed by atoms with Crippen LogP contribution in [-0.2, 0) is 9.53 Å². The summed E-state index contributed by atoms with van der Waals surface area (Å²) in [6, 6.07) is 6.25. The van der Waals surface area contributed by atoms with Crippen molar-refractivity contribution in [2.45, 2.75) is 32.0 Å². The fraction of sp³-hybridized carbons (Fsp3) is 0.444. The number of rotatable bonds is 6. The number of methoxy groups -OCH3 is 1. The molecule has 0 unspecified atom stereocenters. The van der Waals surface area contributed by atoms with Crippen LogP contribution in [0.2, 0.25) is 0 Å². The predicted octanol–water partition coefficient (Wildman–Crippen LogP) is 3.85. The van der Waals surface area contributed by atoms with Gasteiger partial charge in [0, 0.05) is 17.6 Å². The van der Waals surface area contributed by atoms with Crippen LogP contribution in [0.3, 0.4) is 0 Å². The van der Waals surface area contributed by atoms with Crippen LogP contribution in [0.4, 0.5) is 13.9 Å².